The fourth-order valence-electron chi connectivity index (χ4n) is 2.07. The van der Waals surface area contributed by atoms with Crippen molar-refractivity contribution in [3.63, 3.8) is 0 Å². The molecule has 1 atom stereocenters. The Balaban J connectivity index is 2.10. The van der Waals surface area contributed by atoms with Crippen molar-refractivity contribution in [2.24, 2.45) is 0 Å². The SMILES string of the molecule is C=CCOc1ccc(C(=O)N2CCOCC2C(=O)O)cc1. The topological polar surface area (TPSA) is 76.1 Å². The molecule has 1 N–H and O–H groups in total. The summed E-state index contributed by atoms with van der Waals surface area (Å²) in [7, 11) is 0. The molecule has 0 saturated carbocycles. The molecule has 0 bridgehead atoms. The van der Waals surface area contributed by atoms with Gasteiger partial charge in [-0.1, -0.05) is 12.7 Å². The van der Waals surface area contributed by atoms with Crippen LogP contribution in [0, 0.1) is 0 Å². The van der Waals surface area contributed by atoms with Gasteiger partial charge in [-0.25, -0.2) is 4.79 Å². The zero-order chi connectivity index (χ0) is 15.2. The standard InChI is InChI=1S/C15H17NO5/c1-2-8-21-12-5-3-11(4-6-12)14(17)16-7-9-20-10-13(16)15(18)19/h2-6,13H,1,7-10H2,(H,18,19). The number of ether oxygens (including phenoxy) is 2. The smallest absolute Gasteiger partial charge is 0.328 e. The van der Waals surface area contributed by atoms with Crippen LogP contribution in [0.1, 0.15) is 10.4 Å². The number of aliphatic carboxylic acids is 1. The van der Waals surface area contributed by atoms with Gasteiger partial charge in [-0.05, 0) is 24.3 Å². The van der Waals surface area contributed by atoms with Crippen LogP contribution >= 0.6 is 0 Å². The van der Waals surface area contributed by atoms with E-state index in [0.29, 0.717) is 24.5 Å². The van der Waals surface area contributed by atoms with Crippen LogP contribution in [0.15, 0.2) is 36.9 Å². The first-order valence-corrected chi connectivity index (χ1v) is 6.58. The third-order valence-corrected chi connectivity index (χ3v) is 3.14. The summed E-state index contributed by atoms with van der Waals surface area (Å²) in [5, 5.41) is 9.14. The molecule has 112 valence electrons. The summed E-state index contributed by atoms with van der Waals surface area (Å²) >= 11 is 0. The molecule has 21 heavy (non-hydrogen) atoms. The van der Waals surface area contributed by atoms with Crippen LogP contribution < -0.4 is 4.74 Å². The lowest BCUT2D eigenvalue weighted by molar-refractivity contribution is -0.147. The van der Waals surface area contributed by atoms with Gasteiger partial charge >= 0.3 is 5.97 Å². The Bertz CT molecular complexity index is 525. The van der Waals surface area contributed by atoms with Crippen LogP contribution in [0.25, 0.3) is 0 Å². The maximum atomic E-state index is 12.4. The van der Waals surface area contributed by atoms with Gasteiger partial charge < -0.3 is 19.5 Å². The number of amides is 1. The monoisotopic (exact) mass is 291 g/mol. The van der Waals surface area contributed by atoms with Crippen LogP contribution in [0.5, 0.6) is 5.75 Å². The predicted molar refractivity (Wildman–Crippen MR) is 75.4 cm³/mol. The quantitative estimate of drug-likeness (QED) is 0.824. The second kappa shape index (κ2) is 6.90. The number of hydrogen-bond donors (Lipinski definition) is 1. The van der Waals surface area contributed by atoms with E-state index in [1.54, 1.807) is 30.3 Å². The first-order valence-electron chi connectivity index (χ1n) is 6.58. The molecule has 1 unspecified atom stereocenters. The van der Waals surface area contributed by atoms with Crippen molar-refractivity contribution in [3.05, 3.63) is 42.5 Å². The Hall–Kier alpha value is -2.34. The highest BCUT2D eigenvalue weighted by Crippen LogP contribution is 2.16. The lowest BCUT2D eigenvalue weighted by atomic mass is 10.1. The predicted octanol–water partition coefficient (Wildman–Crippen LogP) is 1.18. The second-order valence-electron chi connectivity index (χ2n) is 4.55. The van der Waals surface area contributed by atoms with Gasteiger partial charge in [0.05, 0.1) is 13.2 Å². The Kier molecular flexibility index (Phi) is 4.94. The third-order valence-electron chi connectivity index (χ3n) is 3.14. The van der Waals surface area contributed by atoms with Crippen molar-refractivity contribution in [2.45, 2.75) is 6.04 Å². The number of carboxylic acid groups (broad SMARTS) is 1. The van der Waals surface area contributed by atoms with Crippen molar-refractivity contribution in [1.82, 2.24) is 4.90 Å². The van der Waals surface area contributed by atoms with Crippen molar-refractivity contribution in [1.29, 1.82) is 0 Å². The fourth-order valence-corrected chi connectivity index (χ4v) is 2.07. The molecule has 1 aliphatic rings. The Morgan fingerprint density at radius 2 is 2.14 bits per heavy atom. The minimum Gasteiger partial charge on any atom is -0.490 e. The molecular weight excluding hydrogens is 274 g/mol. The van der Waals surface area contributed by atoms with Gasteiger partial charge in [0.15, 0.2) is 6.04 Å². The van der Waals surface area contributed by atoms with E-state index < -0.39 is 12.0 Å². The van der Waals surface area contributed by atoms with E-state index in [-0.39, 0.29) is 19.1 Å². The molecule has 1 aliphatic heterocycles. The number of carboxylic acids is 1. The molecule has 0 aromatic heterocycles. The largest absolute Gasteiger partial charge is 0.490 e. The highest BCUT2D eigenvalue weighted by atomic mass is 16.5. The molecule has 2 rings (SSSR count). The molecule has 1 heterocycles. The summed E-state index contributed by atoms with van der Waals surface area (Å²) < 4.78 is 10.5. The van der Waals surface area contributed by atoms with E-state index in [9.17, 15) is 9.59 Å². The van der Waals surface area contributed by atoms with Crippen molar-refractivity contribution >= 4 is 11.9 Å². The van der Waals surface area contributed by atoms with Gasteiger partial charge in [0.1, 0.15) is 12.4 Å². The lowest BCUT2D eigenvalue weighted by Gasteiger charge is -2.32. The van der Waals surface area contributed by atoms with Gasteiger partial charge in [0.25, 0.3) is 5.91 Å². The Morgan fingerprint density at radius 3 is 2.76 bits per heavy atom. The summed E-state index contributed by atoms with van der Waals surface area (Å²) in [6.07, 6.45) is 1.63. The molecule has 1 amide bonds. The summed E-state index contributed by atoms with van der Waals surface area (Å²) in [4.78, 5) is 24.9. The second-order valence-corrected chi connectivity index (χ2v) is 4.55. The van der Waals surface area contributed by atoms with Crippen molar-refractivity contribution < 1.29 is 24.2 Å². The van der Waals surface area contributed by atoms with Gasteiger partial charge in [-0.3, -0.25) is 4.79 Å². The van der Waals surface area contributed by atoms with Crippen LogP contribution in [-0.2, 0) is 9.53 Å². The highest BCUT2D eigenvalue weighted by Gasteiger charge is 2.33. The molecule has 6 nitrogen and oxygen atoms in total. The van der Waals surface area contributed by atoms with Crippen molar-refractivity contribution in [2.75, 3.05) is 26.4 Å². The summed E-state index contributed by atoms with van der Waals surface area (Å²) in [5.41, 5.74) is 0.425. The normalized spacial score (nSPS) is 18.1. The lowest BCUT2D eigenvalue weighted by Crippen LogP contribution is -2.52. The summed E-state index contributed by atoms with van der Waals surface area (Å²) in [6.45, 7) is 4.57. The highest BCUT2D eigenvalue weighted by molar-refractivity contribution is 5.96. The molecule has 1 aromatic carbocycles. The summed E-state index contributed by atoms with van der Waals surface area (Å²) in [5.74, 6) is -0.752. The number of carbonyl (C=O) groups excluding carboxylic acids is 1. The van der Waals surface area contributed by atoms with E-state index >= 15 is 0 Å². The zero-order valence-electron chi connectivity index (χ0n) is 11.5. The molecule has 0 radical (unpaired) electrons. The number of carbonyl (C=O) groups is 2. The maximum absolute atomic E-state index is 12.4. The van der Waals surface area contributed by atoms with Gasteiger partial charge in [-0.15, -0.1) is 0 Å². The van der Waals surface area contributed by atoms with Crippen LogP contribution in [0.3, 0.4) is 0 Å². The molecule has 1 fully saturated rings. The molecule has 6 heteroatoms. The van der Waals surface area contributed by atoms with Gasteiger partial charge in [0.2, 0.25) is 0 Å². The maximum Gasteiger partial charge on any atom is 0.328 e. The van der Waals surface area contributed by atoms with Crippen LogP contribution in [-0.4, -0.2) is 54.3 Å². The number of rotatable bonds is 5. The molecular formula is C15H17NO5. The number of morpholine rings is 1. The van der Waals surface area contributed by atoms with E-state index in [2.05, 4.69) is 6.58 Å². The van der Waals surface area contributed by atoms with Gasteiger partial charge in [-0.2, -0.15) is 0 Å². The van der Waals surface area contributed by atoms with E-state index in [1.807, 2.05) is 0 Å². The van der Waals surface area contributed by atoms with E-state index in [4.69, 9.17) is 14.6 Å². The fraction of sp³-hybridized carbons (Fsp3) is 0.333. The van der Waals surface area contributed by atoms with Crippen LogP contribution in [0.4, 0.5) is 0 Å². The Morgan fingerprint density at radius 1 is 1.43 bits per heavy atom. The average Bonchev–Trinajstić information content (AvgIpc) is 2.52. The molecule has 1 saturated heterocycles. The first-order chi connectivity index (χ1) is 10.1. The summed E-state index contributed by atoms with van der Waals surface area (Å²) in [6, 6.07) is 5.65. The zero-order valence-corrected chi connectivity index (χ0v) is 11.5. The minimum atomic E-state index is -1.06. The molecule has 0 spiro atoms. The van der Waals surface area contributed by atoms with Gasteiger partial charge in [0, 0.05) is 12.1 Å². The average molecular weight is 291 g/mol. The number of nitrogens with zero attached hydrogens (tertiary/aromatic N) is 1. The van der Waals surface area contributed by atoms with Crippen molar-refractivity contribution in [3.8, 4) is 5.75 Å². The molecule has 1 aromatic rings. The van der Waals surface area contributed by atoms with E-state index in [1.165, 1.54) is 4.90 Å². The number of hydrogen-bond acceptors (Lipinski definition) is 4. The number of benzene rings is 1. The Labute approximate surface area is 122 Å². The third kappa shape index (κ3) is 3.61. The molecule has 0 aliphatic carbocycles. The minimum absolute atomic E-state index is 0.0155. The van der Waals surface area contributed by atoms with E-state index in [0.717, 1.165) is 0 Å². The van der Waals surface area contributed by atoms with Crippen LogP contribution in [0.2, 0.25) is 0 Å². The first kappa shape index (κ1) is 15.1.